The lowest BCUT2D eigenvalue weighted by Gasteiger charge is -2.00. The van der Waals surface area contributed by atoms with Crippen LogP contribution in [0.5, 0.6) is 0 Å². The molecule has 0 saturated heterocycles. The van der Waals surface area contributed by atoms with Crippen molar-refractivity contribution in [1.82, 2.24) is 4.57 Å². The normalized spacial score (nSPS) is 9.93. The predicted octanol–water partition coefficient (Wildman–Crippen LogP) is 4.08. The Morgan fingerprint density at radius 1 is 1.13 bits per heavy atom. The third kappa shape index (κ3) is 1.92. The minimum atomic E-state index is 1.11. The highest BCUT2D eigenvalue weighted by atomic mass is 14.9. The van der Waals surface area contributed by atoms with Crippen molar-refractivity contribution in [2.75, 3.05) is 0 Å². The molecule has 0 radical (unpaired) electrons. The Morgan fingerprint density at radius 2 is 1.73 bits per heavy atom. The molecule has 82 valence electrons. The lowest BCUT2D eigenvalue weighted by Crippen LogP contribution is -1.94. The van der Waals surface area contributed by atoms with E-state index in [1.807, 2.05) is 13.8 Å². The zero-order valence-corrected chi connectivity index (χ0v) is 10.5. The maximum atomic E-state index is 2.30. The number of nitrogens with zero attached hydrogens (tertiary/aromatic N) is 1. The molecular formula is C14H21N. The Balaban J connectivity index is 0.000000531. The molecule has 0 saturated carbocycles. The van der Waals surface area contributed by atoms with Crippen LogP contribution in [0.4, 0.5) is 0 Å². The van der Waals surface area contributed by atoms with E-state index in [0.29, 0.717) is 0 Å². The molecule has 0 N–H and O–H groups in total. The molecule has 2 aromatic rings. The number of para-hydroxylation sites is 1. The van der Waals surface area contributed by atoms with Crippen molar-refractivity contribution < 1.29 is 0 Å². The summed E-state index contributed by atoms with van der Waals surface area (Å²) in [5.41, 5.74) is 4.22. The summed E-state index contributed by atoms with van der Waals surface area (Å²) < 4.78 is 2.30. The summed E-state index contributed by atoms with van der Waals surface area (Å²) in [6, 6.07) is 8.58. The quantitative estimate of drug-likeness (QED) is 0.658. The molecule has 1 heterocycles. The van der Waals surface area contributed by atoms with Crippen LogP contribution in [0.2, 0.25) is 0 Å². The second kappa shape index (κ2) is 5.01. The fourth-order valence-corrected chi connectivity index (χ4v) is 2.14. The molecular weight excluding hydrogens is 182 g/mol. The molecule has 0 aliphatic rings. The van der Waals surface area contributed by atoms with Gasteiger partial charge in [0, 0.05) is 23.6 Å². The smallest absolute Gasteiger partial charge is 0.0482 e. The predicted molar refractivity (Wildman–Crippen MR) is 68.4 cm³/mol. The van der Waals surface area contributed by atoms with Crippen molar-refractivity contribution in [2.45, 2.75) is 34.1 Å². The van der Waals surface area contributed by atoms with Gasteiger partial charge in [0.25, 0.3) is 0 Å². The summed E-state index contributed by atoms with van der Waals surface area (Å²) in [5.74, 6) is 0. The zero-order valence-electron chi connectivity index (χ0n) is 10.5. The molecule has 2 rings (SSSR count). The summed E-state index contributed by atoms with van der Waals surface area (Å²) in [6.45, 7) is 8.42. The standard InChI is InChI=1S/C12H15N.C2H6/c1-4-11-9(2)10-7-5-6-8-12(10)13(11)3;1-2/h5-8H,4H2,1-3H3;1-2H3. The molecule has 15 heavy (non-hydrogen) atoms. The van der Waals surface area contributed by atoms with E-state index in [1.165, 1.54) is 22.2 Å². The SMILES string of the molecule is CC.CCc1c(C)c2ccccc2n1C. The third-order valence-corrected chi connectivity index (χ3v) is 2.84. The van der Waals surface area contributed by atoms with Gasteiger partial charge in [0.2, 0.25) is 0 Å². The highest BCUT2D eigenvalue weighted by Gasteiger charge is 2.08. The fraction of sp³-hybridized carbons (Fsp3) is 0.429. The van der Waals surface area contributed by atoms with Gasteiger partial charge in [-0.05, 0) is 25.0 Å². The number of aryl methyl sites for hydroxylation is 2. The van der Waals surface area contributed by atoms with Gasteiger partial charge in [0.1, 0.15) is 0 Å². The average Bonchev–Trinajstić information content (AvgIpc) is 2.55. The van der Waals surface area contributed by atoms with Crippen LogP contribution in [-0.4, -0.2) is 4.57 Å². The van der Waals surface area contributed by atoms with Gasteiger partial charge in [0.05, 0.1) is 0 Å². The zero-order chi connectivity index (χ0) is 11.4. The monoisotopic (exact) mass is 203 g/mol. The van der Waals surface area contributed by atoms with Crippen LogP contribution in [0.25, 0.3) is 10.9 Å². The van der Waals surface area contributed by atoms with Crippen LogP contribution in [-0.2, 0) is 13.5 Å². The van der Waals surface area contributed by atoms with Crippen LogP contribution in [0.15, 0.2) is 24.3 Å². The van der Waals surface area contributed by atoms with Crippen LogP contribution in [0.1, 0.15) is 32.0 Å². The van der Waals surface area contributed by atoms with Crippen LogP contribution in [0, 0.1) is 6.92 Å². The summed E-state index contributed by atoms with van der Waals surface area (Å²) >= 11 is 0. The molecule has 1 aromatic heterocycles. The van der Waals surface area contributed by atoms with Gasteiger partial charge in [-0.2, -0.15) is 0 Å². The Hall–Kier alpha value is -1.24. The maximum absolute atomic E-state index is 2.30. The number of fused-ring (bicyclic) bond motifs is 1. The van der Waals surface area contributed by atoms with E-state index in [9.17, 15) is 0 Å². The molecule has 0 amide bonds. The Bertz CT molecular complexity index is 399. The molecule has 1 heteroatoms. The van der Waals surface area contributed by atoms with Gasteiger partial charge < -0.3 is 4.57 Å². The summed E-state index contributed by atoms with van der Waals surface area (Å²) in [4.78, 5) is 0. The molecule has 0 aliphatic heterocycles. The van der Waals surface area contributed by atoms with Crippen LogP contribution >= 0.6 is 0 Å². The van der Waals surface area contributed by atoms with E-state index in [2.05, 4.69) is 49.7 Å². The average molecular weight is 203 g/mol. The molecule has 0 aliphatic carbocycles. The number of rotatable bonds is 1. The fourth-order valence-electron chi connectivity index (χ4n) is 2.14. The number of aromatic nitrogens is 1. The van der Waals surface area contributed by atoms with E-state index >= 15 is 0 Å². The van der Waals surface area contributed by atoms with E-state index in [-0.39, 0.29) is 0 Å². The lowest BCUT2D eigenvalue weighted by atomic mass is 10.1. The van der Waals surface area contributed by atoms with Gasteiger partial charge in [-0.3, -0.25) is 0 Å². The molecule has 0 unspecified atom stereocenters. The minimum absolute atomic E-state index is 1.11. The Labute approximate surface area is 92.7 Å². The molecule has 1 aromatic carbocycles. The van der Waals surface area contributed by atoms with Gasteiger partial charge in [-0.15, -0.1) is 0 Å². The first-order valence-corrected chi connectivity index (χ1v) is 5.78. The maximum Gasteiger partial charge on any atom is 0.0482 e. The van der Waals surface area contributed by atoms with Crippen molar-refractivity contribution in [1.29, 1.82) is 0 Å². The highest BCUT2D eigenvalue weighted by Crippen LogP contribution is 2.24. The molecule has 0 bridgehead atoms. The highest BCUT2D eigenvalue weighted by molar-refractivity contribution is 5.85. The van der Waals surface area contributed by atoms with E-state index in [1.54, 1.807) is 0 Å². The summed E-state index contributed by atoms with van der Waals surface area (Å²) in [5, 5.41) is 1.39. The summed E-state index contributed by atoms with van der Waals surface area (Å²) in [7, 11) is 2.15. The molecule has 0 atom stereocenters. The van der Waals surface area contributed by atoms with Crippen molar-refractivity contribution in [3.8, 4) is 0 Å². The van der Waals surface area contributed by atoms with Gasteiger partial charge in [-0.25, -0.2) is 0 Å². The van der Waals surface area contributed by atoms with Crippen molar-refractivity contribution in [3.63, 3.8) is 0 Å². The Kier molecular flexibility index (Phi) is 3.96. The van der Waals surface area contributed by atoms with Gasteiger partial charge in [-0.1, -0.05) is 39.0 Å². The van der Waals surface area contributed by atoms with Gasteiger partial charge in [0.15, 0.2) is 0 Å². The van der Waals surface area contributed by atoms with Crippen molar-refractivity contribution in [3.05, 3.63) is 35.5 Å². The van der Waals surface area contributed by atoms with Crippen molar-refractivity contribution >= 4 is 10.9 Å². The Morgan fingerprint density at radius 3 is 2.27 bits per heavy atom. The van der Waals surface area contributed by atoms with E-state index in [0.717, 1.165) is 6.42 Å². The minimum Gasteiger partial charge on any atom is -0.347 e. The van der Waals surface area contributed by atoms with E-state index < -0.39 is 0 Å². The third-order valence-electron chi connectivity index (χ3n) is 2.84. The van der Waals surface area contributed by atoms with Crippen LogP contribution in [0.3, 0.4) is 0 Å². The number of benzene rings is 1. The molecule has 0 spiro atoms. The molecule has 0 fully saturated rings. The topological polar surface area (TPSA) is 4.93 Å². The first-order chi connectivity index (χ1) is 7.25. The second-order valence-electron chi connectivity index (χ2n) is 3.50. The van der Waals surface area contributed by atoms with Crippen molar-refractivity contribution in [2.24, 2.45) is 7.05 Å². The second-order valence-corrected chi connectivity index (χ2v) is 3.50. The molecule has 1 nitrogen and oxygen atoms in total. The largest absolute Gasteiger partial charge is 0.347 e. The first kappa shape index (κ1) is 11.8. The first-order valence-electron chi connectivity index (χ1n) is 5.78. The number of hydrogen-bond donors (Lipinski definition) is 0. The van der Waals surface area contributed by atoms with Crippen LogP contribution < -0.4 is 0 Å². The van der Waals surface area contributed by atoms with E-state index in [4.69, 9.17) is 0 Å². The number of hydrogen-bond acceptors (Lipinski definition) is 0. The van der Waals surface area contributed by atoms with Gasteiger partial charge >= 0.3 is 0 Å². The lowest BCUT2D eigenvalue weighted by molar-refractivity contribution is 0.857. The summed E-state index contributed by atoms with van der Waals surface area (Å²) in [6.07, 6.45) is 1.11.